The average Bonchev–Trinajstić information content (AvgIpc) is 2.51. The molecule has 2 fully saturated rings. The third-order valence-corrected chi connectivity index (χ3v) is 4.52. The smallest absolute Gasteiger partial charge is 0.313 e. The summed E-state index contributed by atoms with van der Waals surface area (Å²) in [5.41, 5.74) is -0.116. The number of methoxy groups -OCH3 is 1. The van der Waals surface area contributed by atoms with Crippen molar-refractivity contribution in [2.45, 2.75) is 24.1 Å². The fourth-order valence-corrected chi connectivity index (χ4v) is 3.70. The van der Waals surface area contributed by atoms with Gasteiger partial charge in [0.2, 0.25) is 0 Å². The molecule has 0 aromatic carbocycles. The predicted molar refractivity (Wildman–Crippen MR) is 44.5 cm³/mol. The van der Waals surface area contributed by atoms with E-state index in [2.05, 4.69) is 15.9 Å². The number of esters is 1. The molecule has 0 heterocycles. The van der Waals surface area contributed by atoms with Crippen LogP contribution < -0.4 is 0 Å². The third-order valence-electron chi connectivity index (χ3n) is 3.07. The molecule has 62 valence electrons. The van der Waals surface area contributed by atoms with Gasteiger partial charge in [0, 0.05) is 4.83 Å². The van der Waals surface area contributed by atoms with E-state index in [0.717, 1.165) is 6.42 Å². The minimum Gasteiger partial charge on any atom is -0.469 e. The fraction of sp³-hybridized carbons (Fsp3) is 0.875. The van der Waals surface area contributed by atoms with E-state index >= 15 is 0 Å². The van der Waals surface area contributed by atoms with E-state index in [9.17, 15) is 4.79 Å². The maximum Gasteiger partial charge on any atom is 0.313 e. The molecule has 11 heavy (non-hydrogen) atoms. The summed E-state index contributed by atoms with van der Waals surface area (Å²) in [6.07, 6.45) is 3.38. The van der Waals surface area contributed by atoms with Crippen molar-refractivity contribution < 1.29 is 9.53 Å². The first kappa shape index (κ1) is 7.59. The van der Waals surface area contributed by atoms with Crippen molar-refractivity contribution in [3.63, 3.8) is 0 Å². The largest absolute Gasteiger partial charge is 0.469 e. The molecule has 0 aliphatic heterocycles. The predicted octanol–water partition coefficient (Wildman–Crippen LogP) is 1.72. The van der Waals surface area contributed by atoms with Gasteiger partial charge in [0.25, 0.3) is 0 Å². The Bertz CT molecular complexity index is 204. The summed E-state index contributed by atoms with van der Waals surface area (Å²) >= 11 is 3.52. The van der Waals surface area contributed by atoms with E-state index in [-0.39, 0.29) is 11.4 Å². The van der Waals surface area contributed by atoms with Crippen LogP contribution in [-0.2, 0) is 9.53 Å². The number of carbonyl (C=O) groups excluding carboxylic acids is 1. The van der Waals surface area contributed by atoms with Crippen LogP contribution in [0.2, 0.25) is 0 Å². The summed E-state index contributed by atoms with van der Waals surface area (Å²) in [5, 5.41) is 0. The summed E-state index contributed by atoms with van der Waals surface area (Å²) in [6.45, 7) is 0. The molecule has 2 saturated carbocycles. The number of carbonyl (C=O) groups is 1. The normalized spacial score (nSPS) is 46.7. The summed E-state index contributed by atoms with van der Waals surface area (Å²) in [5.74, 6) is 0.553. The zero-order valence-corrected chi connectivity index (χ0v) is 8.06. The molecule has 2 nitrogen and oxygen atoms in total. The van der Waals surface area contributed by atoms with Gasteiger partial charge < -0.3 is 4.74 Å². The van der Waals surface area contributed by atoms with E-state index in [4.69, 9.17) is 4.74 Å². The molecule has 0 spiro atoms. The molecule has 0 aromatic rings. The first-order chi connectivity index (χ1) is 5.23. The molecular formula is C8H11BrO2. The number of ether oxygens (including phenoxy) is 1. The van der Waals surface area contributed by atoms with Crippen molar-refractivity contribution in [1.82, 2.24) is 0 Å². The quantitative estimate of drug-likeness (QED) is 0.495. The molecule has 0 amide bonds. The summed E-state index contributed by atoms with van der Waals surface area (Å²) in [4.78, 5) is 11.7. The van der Waals surface area contributed by atoms with Gasteiger partial charge in [0.15, 0.2) is 0 Å². The van der Waals surface area contributed by atoms with Crippen LogP contribution >= 0.6 is 15.9 Å². The molecule has 0 radical (unpaired) electrons. The lowest BCUT2D eigenvalue weighted by molar-refractivity contribution is -0.147. The zero-order valence-electron chi connectivity index (χ0n) is 6.47. The molecule has 0 N–H and O–H groups in total. The minimum absolute atomic E-state index is 0.0122. The Balaban J connectivity index is 2.17. The fourth-order valence-electron chi connectivity index (χ4n) is 2.37. The van der Waals surface area contributed by atoms with Crippen molar-refractivity contribution in [3.05, 3.63) is 0 Å². The first-order valence-corrected chi connectivity index (χ1v) is 4.87. The molecular weight excluding hydrogens is 208 g/mol. The Morgan fingerprint density at radius 1 is 1.73 bits per heavy atom. The van der Waals surface area contributed by atoms with Crippen LogP contribution in [0.25, 0.3) is 0 Å². The molecule has 3 unspecified atom stereocenters. The molecule has 3 atom stereocenters. The van der Waals surface area contributed by atoms with Gasteiger partial charge in [-0.25, -0.2) is 0 Å². The Kier molecular flexibility index (Phi) is 1.53. The van der Waals surface area contributed by atoms with Gasteiger partial charge in [-0.3, -0.25) is 4.79 Å². The van der Waals surface area contributed by atoms with Crippen LogP contribution in [-0.4, -0.2) is 17.9 Å². The number of alkyl halides is 1. The van der Waals surface area contributed by atoms with Crippen LogP contribution in [0.5, 0.6) is 0 Å². The molecule has 0 saturated heterocycles. The van der Waals surface area contributed by atoms with Crippen molar-refractivity contribution in [3.8, 4) is 0 Å². The SMILES string of the molecule is COC(=O)C12CCCC1C2Br. The molecule has 2 aliphatic carbocycles. The summed E-state index contributed by atoms with van der Waals surface area (Å²) < 4.78 is 4.78. The number of rotatable bonds is 1. The monoisotopic (exact) mass is 218 g/mol. The second-order valence-corrected chi connectivity index (χ2v) is 4.42. The molecule has 2 rings (SSSR count). The van der Waals surface area contributed by atoms with Gasteiger partial charge in [0.05, 0.1) is 12.5 Å². The Morgan fingerprint density at radius 3 is 2.91 bits per heavy atom. The van der Waals surface area contributed by atoms with E-state index < -0.39 is 0 Å². The van der Waals surface area contributed by atoms with Crippen LogP contribution in [0, 0.1) is 11.3 Å². The lowest BCUT2D eigenvalue weighted by Gasteiger charge is -2.08. The first-order valence-electron chi connectivity index (χ1n) is 3.96. The van der Waals surface area contributed by atoms with Crippen LogP contribution in [0.1, 0.15) is 19.3 Å². The number of hydrogen-bond donors (Lipinski definition) is 0. The van der Waals surface area contributed by atoms with E-state index in [1.807, 2.05) is 0 Å². The van der Waals surface area contributed by atoms with Crippen LogP contribution in [0.15, 0.2) is 0 Å². The molecule has 0 aromatic heterocycles. The Morgan fingerprint density at radius 2 is 2.45 bits per heavy atom. The maximum atomic E-state index is 11.3. The van der Waals surface area contributed by atoms with Gasteiger partial charge >= 0.3 is 5.97 Å². The van der Waals surface area contributed by atoms with Gasteiger partial charge in [-0.2, -0.15) is 0 Å². The number of hydrogen-bond acceptors (Lipinski definition) is 2. The van der Waals surface area contributed by atoms with Crippen LogP contribution in [0.3, 0.4) is 0 Å². The van der Waals surface area contributed by atoms with E-state index in [0.29, 0.717) is 10.7 Å². The lowest BCUT2D eigenvalue weighted by atomic mass is 10.1. The van der Waals surface area contributed by atoms with Gasteiger partial charge in [0.1, 0.15) is 0 Å². The van der Waals surface area contributed by atoms with E-state index in [1.54, 1.807) is 0 Å². The highest BCUT2D eigenvalue weighted by Gasteiger charge is 2.71. The topological polar surface area (TPSA) is 26.3 Å². The Labute approximate surface area is 74.4 Å². The van der Waals surface area contributed by atoms with Gasteiger partial charge in [-0.1, -0.05) is 22.4 Å². The van der Waals surface area contributed by atoms with Crippen molar-refractivity contribution in [1.29, 1.82) is 0 Å². The second kappa shape index (κ2) is 2.22. The highest BCUT2D eigenvalue weighted by molar-refractivity contribution is 9.09. The van der Waals surface area contributed by atoms with Crippen LogP contribution in [0.4, 0.5) is 0 Å². The zero-order chi connectivity index (χ0) is 8.06. The Hall–Kier alpha value is -0.0500. The maximum absolute atomic E-state index is 11.3. The third kappa shape index (κ3) is 0.750. The number of fused-ring (bicyclic) bond motifs is 1. The highest BCUT2D eigenvalue weighted by atomic mass is 79.9. The lowest BCUT2D eigenvalue weighted by Crippen LogP contribution is -2.19. The number of halogens is 1. The van der Waals surface area contributed by atoms with Gasteiger partial charge in [-0.05, 0) is 18.8 Å². The standard InChI is InChI=1S/C8H11BrO2/c1-11-7(10)8-4-2-3-5(8)6(8)9/h5-6H,2-4H2,1H3. The second-order valence-electron chi connectivity index (χ2n) is 3.43. The highest BCUT2D eigenvalue weighted by Crippen LogP contribution is 2.67. The summed E-state index contributed by atoms with van der Waals surface area (Å²) in [6, 6.07) is 0. The van der Waals surface area contributed by atoms with Crippen molar-refractivity contribution in [2.75, 3.05) is 7.11 Å². The van der Waals surface area contributed by atoms with Gasteiger partial charge in [-0.15, -0.1) is 0 Å². The molecule has 0 bridgehead atoms. The van der Waals surface area contributed by atoms with E-state index in [1.165, 1.54) is 20.0 Å². The van der Waals surface area contributed by atoms with Crippen molar-refractivity contribution in [2.24, 2.45) is 11.3 Å². The molecule has 3 heteroatoms. The average molecular weight is 219 g/mol. The molecule has 2 aliphatic rings. The minimum atomic E-state index is -0.116. The summed E-state index contributed by atoms with van der Waals surface area (Å²) in [7, 11) is 1.48. The van der Waals surface area contributed by atoms with Crippen molar-refractivity contribution >= 4 is 21.9 Å².